The van der Waals surface area contributed by atoms with E-state index in [1.165, 1.54) is 45.6 Å². The van der Waals surface area contributed by atoms with Crippen LogP contribution in [0.3, 0.4) is 0 Å². The van der Waals surface area contributed by atoms with Crippen molar-refractivity contribution >= 4 is 24.9 Å². The summed E-state index contributed by atoms with van der Waals surface area (Å²) >= 11 is 4.87. The third-order valence-corrected chi connectivity index (χ3v) is 7.13. The molecule has 2 unspecified atom stereocenters. The van der Waals surface area contributed by atoms with Gasteiger partial charge in [-0.25, -0.2) is 4.39 Å². The quantitative estimate of drug-likeness (QED) is 0.212. The molecule has 35 heavy (non-hydrogen) atoms. The molecule has 0 saturated heterocycles. The van der Waals surface area contributed by atoms with Crippen molar-refractivity contribution in [1.29, 1.82) is 0 Å². The summed E-state index contributed by atoms with van der Waals surface area (Å²) in [6, 6.07) is 8.36. The zero-order chi connectivity index (χ0) is 26.2. The number of halogens is 4. The van der Waals surface area contributed by atoms with Gasteiger partial charge in [0, 0.05) is 11.8 Å². The summed E-state index contributed by atoms with van der Waals surface area (Å²) in [6.45, 7) is 3.41. The number of nitrogens with one attached hydrogen (secondary N) is 1. The van der Waals surface area contributed by atoms with Gasteiger partial charge in [-0.15, -0.1) is 0 Å². The molecule has 2 atom stereocenters. The van der Waals surface area contributed by atoms with Crippen LogP contribution in [0, 0.1) is 0 Å². The highest BCUT2D eigenvalue weighted by Crippen LogP contribution is 2.62. The third kappa shape index (κ3) is 7.10. The first-order chi connectivity index (χ1) is 16.5. The number of ether oxygens (including phenoxy) is 4. The van der Waals surface area contributed by atoms with Gasteiger partial charge in [0.2, 0.25) is 5.75 Å². The molecule has 196 valence electrons. The number of anilines is 1. The van der Waals surface area contributed by atoms with E-state index in [1.807, 2.05) is 0 Å². The van der Waals surface area contributed by atoms with Crippen LogP contribution in [-0.4, -0.2) is 46.3 Å². The van der Waals surface area contributed by atoms with Gasteiger partial charge in [-0.1, -0.05) is 17.7 Å². The molecule has 0 bridgehead atoms. The van der Waals surface area contributed by atoms with Crippen LogP contribution < -0.4 is 24.3 Å². The molecular formula is C22H28ClF3NO7P. The first kappa shape index (κ1) is 28.9. The van der Waals surface area contributed by atoms with Crippen LogP contribution in [0.15, 0.2) is 36.4 Å². The summed E-state index contributed by atoms with van der Waals surface area (Å²) in [7, 11) is 0.371. The van der Waals surface area contributed by atoms with E-state index in [4.69, 9.17) is 34.9 Å². The van der Waals surface area contributed by atoms with Crippen LogP contribution in [0.25, 0.3) is 0 Å². The van der Waals surface area contributed by atoms with Crippen LogP contribution in [0.4, 0.5) is 18.9 Å². The van der Waals surface area contributed by atoms with E-state index in [2.05, 4.69) is 10.1 Å². The van der Waals surface area contributed by atoms with E-state index in [0.717, 1.165) is 0 Å². The van der Waals surface area contributed by atoms with Crippen molar-refractivity contribution in [3.05, 3.63) is 42.0 Å². The van der Waals surface area contributed by atoms with E-state index >= 15 is 0 Å². The van der Waals surface area contributed by atoms with Crippen LogP contribution in [0.1, 0.15) is 25.2 Å². The lowest BCUT2D eigenvalue weighted by Gasteiger charge is -2.29. The summed E-state index contributed by atoms with van der Waals surface area (Å²) in [4.78, 5) is 0. The Labute approximate surface area is 207 Å². The molecule has 2 aromatic rings. The molecule has 0 aliphatic heterocycles. The first-order valence-electron chi connectivity index (χ1n) is 10.4. The van der Waals surface area contributed by atoms with Crippen molar-refractivity contribution in [3.8, 4) is 23.0 Å². The summed E-state index contributed by atoms with van der Waals surface area (Å²) in [5, 5.41) is 2.98. The fourth-order valence-electron chi connectivity index (χ4n) is 3.16. The molecule has 0 heterocycles. The number of benzene rings is 2. The highest BCUT2D eigenvalue weighted by atomic mass is 35.5. The number of methoxy groups -OCH3 is 3. The lowest BCUT2D eigenvalue weighted by molar-refractivity contribution is -0.199. The maximum atomic E-state index is 13.8. The second-order valence-corrected chi connectivity index (χ2v) is 9.37. The zero-order valence-corrected chi connectivity index (χ0v) is 21.5. The Morgan fingerprint density at radius 3 is 2.03 bits per heavy atom. The van der Waals surface area contributed by atoms with Crippen molar-refractivity contribution in [2.24, 2.45) is 0 Å². The average Bonchev–Trinajstić information content (AvgIpc) is 2.81. The van der Waals surface area contributed by atoms with E-state index in [9.17, 15) is 17.7 Å². The molecule has 2 rings (SSSR count). The third-order valence-electron chi connectivity index (χ3n) is 4.58. The highest BCUT2D eigenvalue weighted by Gasteiger charge is 2.42. The summed E-state index contributed by atoms with van der Waals surface area (Å²) in [5.41, 5.74) is -2.49. The molecule has 0 aliphatic rings. The zero-order valence-electron chi connectivity index (χ0n) is 19.8. The Bertz CT molecular complexity index is 993. The Hall–Kier alpha value is -2.33. The van der Waals surface area contributed by atoms with Gasteiger partial charge in [0.05, 0.1) is 34.5 Å². The van der Waals surface area contributed by atoms with Crippen molar-refractivity contribution < 1.29 is 45.7 Å². The molecule has 13 heteroatoms. The molecule has 8 nitrogen and oxygen atoms in total. The standard InChI is InChI=1S/C22H28ClF3NO7P/c1-6-32-35(28,33-7-2)20(14-11-17(29-3)19(31-5)18(12-14)30-4)27-15-9-8-10-16(13-15)34-22(25,26)21(23)24/h8-13,20-21,27H,6-7H2,1-5H3. The molecule has 0 saturated carbocycles. The van der Waals surface area contributed by atoms with E-state index in [-0.39, 0.29) is 36.1 Å². The van der Waals surface area contributed by atoms with Crippen molar-refractivity contribution in [2.45, 2.75) is 31.4 Å². The Balaban J connectivity index is 2.60. The number of hydrogen-bond acceptors (Lipinski definition) is 8. The predicted molar refractivity (Wildman–Crippen MR) is 126 cm³/mol. The second-order valence-electron chi connectivity index (χ2n) is 6.87. The van der Waals surface area contributed by atoms with Gasteiger partial charge < -0.3 is 33.3 Å². The monoisotopic (exact) mass is 541 g/mol. The van der Waals surface area contributed by atoms with Crippen LogP contribution >= 0.6 is 19.2 Å². The largest absolute Gasteiger partial charge is 0.493 e. The fraction of sp³-hybridized carbons (Fsp3) is 0.455. The Morgan fingerprint density at radius 1 is 1.00 bits per heavy atom. The van der Waals surface area contributed by atoms with E-state index in [0.29, 0.717) is 11.3 Å². The number of alkyl halides is 4. The topological polar surface area (TPSA) is 84.5 Å². The van der Waals surface area contributed by atoms with Gasteiger partial charge in [-0.05, 0) is 43.7 Å². The van der Waals surface area contributed by atoms with Crippen LogP contribution in [-0.2, 0) is 13.6 Å². The van der Waals surface area contributed by atoms with Gasteiger partial charge in [-0.3, -0.25) is 4.57 Å². The van der Waals surface area contributed by atoms with Crippen molar-refractivity contribution in [2.75, 3.05) is 39.9 Å². The lowest BCUT2D eigenvalue weighted by Crippen LogP contribution is -2.32. The molecule has 0 amide bonds. The maximum Gasteiger partial charge on any atom is 0.444 e. The number of rotatable bonds is 14. The minimum atomic E-state index is -4.26. The number of hydrogen-bond donors (Lipinski definition) is 1. The molecule has 1 N–H and O–H groups in total. The SMILES string of the molecule is CCOP(=O)(OCC)C(Nc1cccc(OC(F)(F)C(F)Cl)c1)c1cc(OC)c(OC)c(OC)c1. The molecular weight excluding hydrogens is 514 g/mol. The normalized spacial score (nSPS) is 13.6. The van der Waals surface area contributed by atoms with Gasteiger partial charge in [0.15, 0.2) is 17.3 Å². The smallest absolute Gasteiger partial charge is 0.444 e. The molecule has 0 fully saturated rings. The second kappa shape index (κ2) is 12.6. The van der Waals surface area contributed by atoms with E-state index < -0.39 is 25.1 Å². The minimum absolute atomic E-state index is 0.0584. The molecule has 0 aromatic heterocycles. The summed E-state index contributed by atoms with van der Waals surface area (Å²) in [5.74, 6) is -0.662. The lowest BCUT2D eigenvalue weighted by atomic mass is 10.1. The summed E-state index contributed by atoms with van der Waals surface area (Å²) < 4.78 is 85.8. The fourth-order valence-corrected chi connectivity index (χ4v) is 5.12. The van der Waals surface area contributed by atoms with E-state index in [1.54, 1.807) is 26.0 Å². The predicted octanol–water partition coefficient (Wildman–Crippen LogP) is 6.60. The van der Waals surface area contributed by atoms with Gasteiger partial charge >= 0.3 is 13.7 Å². The maximum absolute atomic E-state index is 13.8. The average molecular weight is 542 g/mol. The molecule has 0 spiro atoms. The highest BCUT2D eigenvalue weighted by molar-refractivity contribution is 7.54. The van der Waals surface area contributed by atoms with Gasteiger partial charge in [-0.2, -0.15) is 8.78 Å². The molecule has 0 aliphatic carbocycles. The van der Waals surface area contributed by atoms with Gasteiger partial charge in [0.25, 0.3) is 5.63 Å². The van der Waals surface area contributed by atoms with Crippen LogP contribution in [0.5, 0.6) is 23.0 Å². The molecule has 0 radical (unpaired) electrons. The Kier molecular flexibility index (Phi) is 10.4. The first-order valence-corrected chi connectivity index (χ1v) is 12.5. The van der Waals surface area contributed by atoms with Crippen molar-refractivity contribution in [3.63, 3.8) is 0 Å². The molecule has 2 aromatic carbocycles. The van der Waals surface area contributed by atoms with Crippen molar-refractivity contribution in [1.82, 2.24) is 0 Å². The summed E-state index contributed by atoms with van der Waals surface area (Å²) in [6.07, 6.45) is -4.26. The minimum Gasteiger partial charge on any atom is -0.493 e. The van der Waals surface area contributed by atoms with Crippen LogP contribution in [0.2, 0.25) is 0 Å². The Morgan fingerprint density at radius 2 is 1.57 bits per heavy atom. The van der Waals surface area contributed by atoms with Gasteiger partial charge in [0.1, 0.15) is 5.75 Å².